The van der Waals surface area contributed by atoms with Gasteiger partial charge in [0.15, 0.2) is 0 Å². The van der Waals surface area contributed by atoms with Crippen molar-refractivity contribution in [3.05, 3.63) is 0 Å². The van der Waals surface area contributed by atoms with E-state index in [2.05, 4.69) is 0 Å². The van der Waals surface area contributed by atoms with Crippen LogP contribution in [0.2, 0.25) is 0 Å². The molecule has 0 N–H and O–H groups in total. The van der Waals surface area contributed by atoms with E-state index in [9.17, 15) is 8.78 Å². The van der Waals surface area contributed by atoms with Gasteiger partial charge in [-0.15, -0.1) is 0 Å². The molecule has 0 atom stereocenters. The summed E-state index contributed by atoms with van der Waals surface area (Å²) in [5.41, 5.74) is 0. The molecule has 0 heterocycles. The van der Waals surface area contributed by atoms with Crippen LogP contribution in [-0.2, 0) is 9.59 Å². The third-order valence-electron chi connectivity index (χ3n) is 0.218. The van der Waals surface area contributed by atoms with Crippen molar-refractivity contribution in [3.8, 4) is 0 Å². The van der Waals surface area contributed by atoms with Gasteiger partial charge in [-0.25, -0.2) is 8.78 Å². The molecule has 8 heteroatoms. The number of hydrogen-bond acceptors (Lipinski definition) is 4. The number of carboxylic acid groups (broad SMARTS) is 2. The SMILES string of the molecule is O=C([O-])CF.O=C([O-])CF.[Na+].[Na+]. The Balaban J connectivity index is -0.0000000457. The van der Waals surface area contributed by atoms with E-state index in [-0.39, 0.29) is 59.1 Å². The summed E-state index contributed by atoms with van der Waals surface area (Å²) in [5, 5.41) is 17.8. The molecule has 0 radical (unpaired) electrons. The fourth-order valence-electron chi connectivity index (χ4n) is 0. The average molecular weight is 200 g/mol. The number of carbonyl (C=O) groups excluding carboxylic acids is 2. The summed E-state index contributed by atoms with van der Waals surface area (Å²) in [6.45, 7) is -2.78. The van der Waals surface area contributed by atoms with Gasteiger partial charge in [0, 0.05) is 0 Å². The van der Waals surface area contributed by atoms with Gasteiger partial charge in [-0.3, -0.25) is 0 Å². The first-order valence-electron chi connectivity index (χ1n) is 2.06. The Kier molecular flexibility index (Phi) is 34.1. The Hall–Kier alpha value is 0.800. The largest absolute Gasteiger partial charge is 1.00 e. The molecule has 0 spiro atoms. The molecule has 0 aliphatic rings. The normalized spacial score (nSPS) is 6.17. The summed E-state index contributed by atoms with van der Waals surface area (Å²) in [5.74, 6) is -3.32. The molecule has 0 aliphatic heterocycles. The second-order valence-electron chi connectivity index (χ2n) is 1.01. The summed E-state index contributed by atoms with van der Waals surface area (Å²) in [6, 6.07) is 0. The van der Waals surface area contributed by atoms with Crippen LogP contribution >= 0.6 is 0 Å². The van der Waals surface area contributed by atoms with E-state index in [1.807, 2.05) is 0 Å². The number of carboxylic acids is 2. The first kappa shape index (κ1) is 23.0. The van der Waals surface area contributed by atoms with E-state index in [1.54, 1.807) is 0 Å². The predicted molar refractivity (Wildman–Crippen MR) is 22.0 cm³/mol. The van der Waals surface area contributed by atoms with Gasteiger partial charge in [0.25, 0.3) is 0 Å². The minimum Gasteiger partial charge on any atom is -0.547 e. The molecular formula is C4H4F2Na2O4. The molecule has 0 unspecified atom stereocenters. The molecule has 0 bridgehead atoms. The predicted octanol–water partition coefficient (Wildman–Crippen LogP) is -8.58. The van der Waals surface area contributed by atoms with Crippen molar-refractivity contribution in [1.29, 1.82) is 0 Å². The van der Waals surface area contributed by atoms with Crippen molar-refractivity contribution in [2.45, 2.75) is 0 Å². The number of carbonyl (C=O) groups is 2. The Labute approximate surface area is 112 Å². The van der Waals surface area contributed by atoms with E-state index in [1.165, 1.54) is 0 Å². The van der Waals surface area contributed by atoms with Crippen LogP contribution < -0.4 is 69.3 Å². The Morgan fingerprint density at radius 3 is 1.00 bits per heavy atom. The Morgan fingerprint density at radius 2 is 1.00 bits per heavy atom. The maximum Gasteiger partial charge on any atom is 1.00 e. The number of aliphatic carboxylic acids is 2. The summed E-state index contributed by atoms with van der Waals surface area (Å²) < 4.78 is 20.9. The molecular weight excluding hydrogens is 196 g/mol. The van der Waals surface area contributed by atoms with Crippen molar-refractivity contribution in [1.82, 2.24) is 0 Å². The third kappa shape index (κ3) is 45.0. The standard InChI is InChI=1S/2C2H3FO2.2Na/c2*3-1-2(4)5;;/h2*1H2,(H,4,5);;/q;;2*+1/p-2. The van der Waals surface area contributed by atoms with Gasteiger partial charge in [-0.05, 0) is 0 Å². The van der Waals surface area contributed by atoms with Gasteiger partial charge in [0.05, 0.1) is 11.9 Å². The van der Waals surface area contributed by atoms with E-state index in [0.29, 0.717) is 0 Å². The van der Waals surface area contributed by atoms with Crippen molar-refractivity contribution < 1.29 is 87.7 Å². The number of halogens is 2. The molecule has 12 heavy (non-hydrogen) atoms. The van der Waals surface area contributed by atoms with Crippen LogP contribution in [0.15, 0.2) is 0 Å². The molecule has 60 valence electrons. The van der Waals surface area contributed by atoms with E-state index >= 15 is 0 Å². The summed E-state index contributed by atoms with van der Waals surface area (Å²) >= 11 is 0. The van der Waals surface area contributed by atoms with Crippen molar-refractivity contribution >= 4 is 11.9 Å². The van der Waals surface area contributed by atoms with Crippen molar-refractivity contribution in [3.63, 3.8) is 0 Å². The third-order valence-corrected chi connectivity index (χ3v) is 0.218. The number of rotatable bonds is 2. The summed E-state index contributed by atoms with van der Waals surface area (Å²) in [4.78, 5) is 17.8. The van der Waals surface area contributed by atoms with Crippen LogP contribution in [0.5, 0.6) is 0 Å². The van der Waals surface area contributed by atoms with Gasteiger partial charge >= 0.3 is 59.1 Å². The molecule has 0 rings (SSSR count). The molecule has 4 nitrogen and oxygen atoms in total. The van der Waals surface area contributed by atoms with Gasteiger partial charge in [-0.2, -0.15) is 0 Å². The average Bonchev–Trinajstić information content (AvgIpc) is 1.89. The zero-order chi connectivity index (χ0) is 8.57. The van der Waals surface area contributed by atoms with E-state index < -0.39 is 25.3 Å². The van der Waals surface area contributed by atoms with Gasteiger partial charge in [0.2, 0.25) is 0 Å². The summed E-state index contributed by atoms with van der Waals surface area (Å²) in [7, 11) is 0. The van der Waals surface area contributed by atoms with E-state index in [0.717, 1.165) is 0 Å². The van der Waals surface area contributed by atoms with Crippen LogP contribution in [0.25, 0.3) is 0 Å². The monoisotopic (exact) mass is 200 g/mol. The van der Waals surface area contributed by atoms with Gasteiger partial charge < -0.3 is 19.8 Å². The minimum atomic E-state index is -1.66. The topological polar surface area (TPSA) is 80.3 Å². The van der Waals surface area contributed by atoms with E-state index in [4.69, 9.17) is 19.8 Å². The molecule has 0 saturated carbocycles. The molecule has 0 aromatic carbocycles. The molecule has 0 amide bonds. The van der Waals surface area contributed by atoms with Crippen LogP contribution in [-0.4, -0.2) is 25.3 Å². The first-order valence-corrected chi connectivity index (χ1v) is 2.06. The molecule has 0 saturated heterocycles. The van der Waals surface area contributed by atoms with Gasteiger partial charge in [-0.1, -0.05) is 0 Å². The zero-order valence-electron chi connectivity index (χ0n) is 6.80. The maximum atomic E-state index is 10.5. The molecule has 0 fully saturated rings. The molecule has 0 aromatic heterocycles. The number of hydrogen-bond donors (Lipinski definition) is 0. The Morgan fingerprint density at radius 1 is 0.917 bits per heavy atom. The van der Waals surface area contributed by atoms with Crippen LogP contribution in [0.3, 0.4) is 0 Å². The van der Waals surface area contributed by atoms with Crippen LogP contribution in [0.1, 0.15) is 0 Å². The molecule has 0 aromatic rings. The molecule has 0 aliphatic carbocycles. The maximum absolute atomic E-state index is 10.5. The quantitative estimate of drug-likeness (QED) is 0.414. The Bertz CT molecular complexity index is 108. The fourth-order valence-corrected chi connectivity index (χ4v) is 0. The second-order valence-corrected chi connectivity index (χ2v) is 1.01. The fraction of sp³-hybridized carbons (Fsp3) is 0.500. The number of alkyl halides is 2. The van der Waals surface area contributed by atoms with Crippen LogP contribution in [0, 0.1) is 0 Å². The summed E-state index contributed by atoms with van der Waals surface area (Å²) in [6.07, 6.45) is 0. The minimum absolute atomic E-state index is 0. The first-order chi connectivity index (χ1) is 4.54. The smallest absolute Gasteiger partial charge is 0.547 e. The zero-order valence-corrected chi connectivity index (χ0v) is 10.8. The van der Waals surface area contributed by atoms with Crippen molar-refractivity contribution in [2.24, 2.45) is 0 Å². The van der Waals surface area contributed by atoms with Gasteiger partial charge in [0.1, 0.15) is 13.3 Å². The van der Waals surface area contributed by atoms with Crippen LogP contribution in [0.4, 0.5) is 8.78 Å². The second kappa shape index (κ2) is 17.8. The van der Waals surface area contributed by atoms with Crippen molar-refractivity contribution in [2.75, 3.05) is 13.3 Å².